The summed E-state index contributed by atoms with van der Waals surface area (Å²) in [4.78, 5) is 18.3. The van der Waals surface area contributed by atoms with E-state index in [1.54, 1.807) is 12.1 Å². The van der Waals surface area contributed by atoms with Crippen LogP contribution in [0.25, 0.3) is 10.9 Å². The molecule has 1 aliphatic rings. The summed E-state index contributed by atoms with van der Waals surface area (Å²) in [6, 6.07) is 16.1. The lowest BCUT2D eigenvalue weighted by atomic mass is 10.1. The van der Waals surface area contributed by atoms with E-state index in [-0.39, 0.29) is 17.8 Å². The number of nitrogens with one attached hydrogen (secondary N) is 1. The Bertz CT molecular complexity index is 1020. The van der Waals surface area contributed by atoms with E-state index in [2.05, 4.69) is 10.2 Å². The number of hydrogen-bond acceptors (Lipinski definition) is 4. The van der Waals surface area contributed by atoms with Crippen LogP contribution in [0.3, 0.4) is 0 Å². The normalized spacial score (nSPS) is 15.4. The Balaban J connectivity index is 1.34. The number of halogens is 1. The molecule has 1 amide bonds. The third-order valence-electron chi connectivity index (χ3n) is 5.09. The molecule has 150 valence electrons. The molecule has 1 fully saturated rings. The van der Waals surface area contributed by atoms with Crippen LogP contribution >= 0.6 is 0 Å². The van der Waals surface area contributed by atoms with Gasteiger partial charge in [0.05, 0.1) is 11.2 Å². The second-order valence-corrected chi connectivity index (χ2v) is 7.44. The van der Waals surface area contributed by atoms with Gasteiger partial charge in [-0.15, -0.1) is 0 Å². The van der Waals surface area contributed by atoms with Crippen LogP contribution in [-0.4, -0.2) is 35.0 Å². The maximum atomic E-state index is 13.3. The lowest BCUT2D eigenvalue weighted by Gasteiger charge is -2.32. The lowest BCUT2D eigenvalue weighted by Crippen LogP contribution is -2.38. The van der Waals surface area contributed by atoms with Gasteiger partial charge in [-0.1, -0.05) is 12.1 Å². The smallest absolute Gasteiger partial charge is 0.221 e. The molecule has 0 spiro atoms. The van der Waals surface area contributed by atoms with Crippen molar-refractivity contribution in [2.24, 2.45) is 0 Å². The van der Waals surface area contributed by atoms with Gasteiger partial charge < -0.3 is 10.1 Å². The predicted octanol–water partition coefficient (Wildman–Crippen LogP) is 4.38. The Morgan fingerprint density at radius 3 is 2.76 bits per heavy atom. The monoisotopic (exact) mass is 393 g/mol. The van der Waals surface area contributed by atoms with Crippen molar-refractivity contribution in [2.75, 3.05) is 18.4 Å². The summed E-state index contributed by atoms with van der Waals surface area (Å²) in [6.45, 7) is 4.12. The molecule has 4 rings (SSSR count). The quantitative estimate of drug-likeness (QED) is 0.699. The minimum atomic E-state index is -0.272. The van der Waals surface area contributed by atoms with Crippen molar-refractivity contribution in [1.29, 1.82) is 0 Å². The number of piperidine rings is 1. The van der Waals surface area contributed by atoms with Crippen molar-refractivity contribution < 1.29 is 13.9 Å². The van der Waals surface area contributed by atoms with Crippen molar-refractivity contribution >= 4 is 22.5 Å². The molecule has 1 N–H and O–H groups in total. The van der Waals surface area contributed by atoms with Crippen LogP contribution in [0.5, 0.6) is 5.75 Å². The molecule has 1 aliphatic heterocycles. The van der Waals surface area contributed by atoms with E-state index in [4.69, 9.17) is 9.72 Å². The number of rotatable bonds is 5. The lowest BCUT2D eigenvalue weighted by molar-refractivity contribution is -0.114. The highest BCUT2D eigenvalue weighted by atomic mass is 19.1. The molecule has 1 saturated heterocycles. The maximum absolute atomic E-state index is 13.3. The van der Waals surface area contributed by atoms with Crippen LogP contribution in [-0.2, 0) is 11.3 Å². The van der Waals surface area contributed by atoms with E-state index in [0.717, 1.165) is 54.8 Å². The molecule has 0 aliphatic carbocycles. The molecule has 29 heavy (non-hydrogen) atoms. The van der Waals surface area contributed by atoms with E-state index in [0.29, 0.717) is 5.75 Å². The molecule has 2 heterocycles. The molecule has 0 bridgehead atoms. The van der Waals surface area contributed by atoms with Crippen molar-refractivity contribution in [3.05, 3.63) is 66.1 Å². The summed E-state index contributed by atoms with van der Waals surface area (Å²) in [6.07, 6.45) is 1.93. The Labute approximate surface area is 169 Å². The number of fused-ring (bicyclic) bond motifs is 1. The molecule has 0 unspecified atom stereocenters. The number of pyridine rings is 1. The summed E-state index contributed by atoms with van der Waals surface area (Å²) >= 11 is 0. The van der Waals surface area contributed by atoms with E-state index < -0.39 is 0 Å². The summed E-state index contributed by atoms with van der Waals surface area (Å²) in [5.74, 6) is 0.239. The average Bonchev–Trinajstić information content (AvgIpc) is 2.69. The van der Waals surface area contributed by atoms with Gasteiger partial charge in [-0.25, -0.2) is 4.39 Å². The topological polar surface area (TPSA) is 54.5 Å². The minimum absolute atomic E-state index is 0.0845. The van der Waals surface area contributed by atoms with Crippen LogP contribution in [0.4, 0.5) is 10.1 Å². The Morgan fingerprint density at radius 1 is 1.17 bits per heavy atom. The number of hydrogen-bond donors (Lipinski definition) is 1. The highest BCUT2D eigenvalue weighted by Gasteiger charge is 2.21. The third kappa shape index (κ3) is 5.09. The van der Waals surface area contributed by atoms with Crippen LogP contribution in [0.1, 0.15) is 25.5 Å². The highest BCUT2D eigenvalue weighted by Crippen LogP contribution is 2.22. The third-order valence-corrected chi connectivity index (χ3v) is 5.09. The first-order chi connectivity index (χ1) is 14.0. The molecule has 3 aromatic rings. The molecule has 0 atom stereocenters. The van der Waals surface area contributed by atoms with Crippen LogP contribution in [0.15, 0.2) is 54.6 Å². The van der Waals surface area contributed by atoms with Gasteiger partial charge in [0, 0.05) is 43.7 Å². The molecular weight excluding hydrogens is 369 g/mol. The molecule has 2 aromatic carbocycles. The summed E-state index contributed by atoms with van der Waals surface area (Å²) in [5, 5.41) is 3.80. The average molecular weight is 393 g/mol. The second kappa shape index (κ2) is 8.57. The summed E-state index contributed by atoms with van der Waals surface area (Å²) < 4.78 is 19.2. The van der Waals surface area contributed by atoms with Gasteiger partial charge in [-0.05, 0) is 49.2 Å². The number of carbonyl (C=O) groups is 1. The van der Waals surface area contributed by atoms with Crippen molar-refractivity contribution in [3.63, 3.8) is 0 Å². The Hall–Kier alpha value is -2.99. The number of benzene rings is 2. The van der Waals surface area contributed by atoms with Gasteiger partial charge in [0.1, 0.15) is 17.7 Å². The van der Waals surface area contributed by atoms with Gasteiger partial charge in [-0.3, -0.25) is 14.7 Å². The first-order valence-electron chi connectivity index (χ1n) is 9.87. The molecule has 0 radical (unpaired) electrons. The fraction of sp³-hybridized carbons (Fsp3) is 0.304. The van der Waals surface area contributed by atoms with Crippen molar-refractivity contribution in [1.82, 2.24) is 9.88 Å². The van der Waals surface area contributed by atoms with E-state index in [1.807, 2.05) is 30.3 Å². The molecule has 6 heteroatoms. The number of carbonyl (C=O) groups excluding carboxylic acids is 1. The van der Waals surface area contributed by atoms with E-state index in [9.17, 15) is 9.18 Å². The first kappa shape index (κ1) is 19.3. The van der Waals surface area contributed by atoms with Gasteiger partial charge in [0.15, 0.2) is 0 Å². The fourth-order valence-electron chi connectivity index (χ4n) is 3.68. The highest BCUT2D eigenvalue weighted by molar-refractivity contribution is 5.92. The second-order valence-electron chi connectivity index (χ2n) is 7.44. The zero-order chi connectivity index (χ0) is 20.2. The maximum Gasteiger partial charge on any atom is 0.221 e. The van der Waals surface area contributed by atoms with Gasteiger partial charge in [0.25, 0.3) is 0 Å². The molecule has 0 saturated carbocycles. The van der Waals surface area contributed by atoms with Crippen LogP contribution < -0.4 is 10.1 Å². The van der Waals surface area contributed by atoms with E-state index >= 15 is 0 Å². The SMILES string of the molecule is CC(=O)Nc1ccc2nc(CN3CCC(Oc4cccc(F)c4)CC3)ccc2c1. The zero-order valence-electron chi connectivity index (χ0n) is 16.4. The Kier molecular flexibility index (Phi) is 5.71. The van der Waals surface area contributed by atoms with Gasteiger partial charge in [0.2, 0.25) is 5.91 Å². The number of anilines is 1. The van der Waals surface area contributed by atoms with Gasteiger partial charge in [-0.2, -0.15) is 0 Å². The summed E-state index contributed by atoms with van der Waals surface area (Å²) in [7, 11) is 0. The van der Waals surface area contributed by atoms with Crippen molar-refractivity contribution in [3.8, 4) is 5.75 Å². The largest absolute Gasteiger partial charge is 0.490 e. The zero-order valence-corrected chi connectivity index (χ0v) is 16.4. The van der Waals surface area contributed by atoms with Crippen molar-refractivity contribution in [2.45, 2.75) is 32.4 Å². The predicted molar refractivity (Wildman–Crippen MR) is 111 cm³/mol. The van der Waals surface area contributed by atoms with Gasteiger partial charge >= 0.3 is 0 Å². The standard InChI is InChI=1S/C23H24FN3O2/c1-16(28)25-19-7-8-23-17(13-19)5-6-20(26-23)15-27-11-9-21(10-12-27)29-22-4-2-3-18(24)14-22/h2-8,13-14,21H,9-12,15H2,1H3,(H,25,28). The van der Waals surface area contributed by atoms with Crippen LogP contribution in [0, 0.1) is 5.82 Å². The van der Waals surface area contributed by atoms with Crippen LogP contribution in [0.2, 0.25) is 0 Å². The minimum Gasteiger partial charge on any atom is -0.490 e. The summed E-state index contributed by atoms with van der Waals surface area (Å²) in [5.41, 5.74) is 2.72. The number of ether oxygens (including phenoxy) is 1. The fourth-order valence-corrected chi connectivity index (χ4v) is 3.68. The van der Waals surface area contributed by atoms with E-state index in [1.165, 1.54) is 19.1 Å². The first-order valence-corrected chi connectivity index (χ1v) is 9.87. The molecule has 5 nitrogen and oxygen atoms in total. The number of likely N-dealkylation sites (tertiary alicyclic amines) is 1. The number of amides is 1. The Morgan fingerprint density at radius 2 is 2.00 bits per heavy atom. The molecular formula is C23H24FN3O2. The number of nitrogens with zero attached hydrogens (tertiary/aromatic N) is 2. The number of aromatic nitrogens is 1. The molecule has 1 aromatic heterocycles.